The number of aromatic nitrogens is 1. The maximum absolute atomic E-state index is 12.2. The summed E-state index contributed by atoms with van der Waals surface area (Å²) in [6, 6.07) is 6.74. The first-order chi connectivity index (χ1) is 12.9. The van der Waals surface area contributed by atoms with Crippen LogP contribution in [0.1, 0.15) is 22.8 Å². The number of hydrogen-bond donors (Lipinski definition) is 3. The van der Waals surface area contributed by atoms with Crippen molar-refractivity contribution >= 4 is 23.6 Å². The molecule has 2 unspecified atom stereocenters. The van der Waals surface area contributed by atoms with Gasteiger partial charge >= 0.3 is 12.1 Å². The fourth-order valence-corrected chi connectivity index (χ4v) is 2.75. The lowest BCUT2D eigenvalue weighted by molar-refractivity contribution is 0.0517. The second-order valence-electron chi connectivity index (χ2n) is 6.04. The van der Waals surface area contributed by atoms with Crippen molar-refractivity contribution in [3.05, 3.63) is 47.8 Å². The predicted molar refractivity (Wildman–Crippen MR) is 97.3 cm³/mol. The molecule has 142 valence electrons. The number of nitrogen functional groups attached to an aromatic ring is 1. The minimum atomic E-state index is -0.523. The Morgan fingerprint density at radius 2 is 2.07 bits per heavy atom. The number of nitrogens with zero attached hydrogens (tertiary/aromatic N) is 1. The Morgan fingerprint density at radius 3 is 2.70 bits per heavy atom. The third-order valence-electron chi connectivity index (χ3n) is 4.27. The third kappa shape index (κ3) is 3.71. The second kappa shape index (κ2) is 7.40. The lowest BCUT2D eigenvalue weighted by Gasteiger charge is -2.19. The Hall–Kier alpha value is -3.49. The summed E-state index contributed by atoms with van der Waals surface area (Å²) >= 11 is 0. The topological polar surface area (TPSA) is 131 Å². The van der Waals surface area contributed by atoms with Crippen LogP contribution in [0.2, 0.25) is 0 Å². The molecule has 0 radical (unpaired) electrons. The van der Waals surface area contributed by atoms with Crippen molar-refractivity contribution in [1.29, 1.82) is 5.41 Å². The quantitative estimate of drug-likeness (QED) is 0.403. The molecule has 1 aromatic heterocycles. The highest BCUT2D eigenvalue weighted by Gasteiger charge is 2.37. The van der Waals surface area contributed by atoms with Gasteiger partial charge < -0.3 is 24.9 Å². The minimum absolute atomic E-state index is 0.0432. The molecule has 0 spiro atoms. The van der Waals surface area contributed by atoms with Crippen LogP contribution in [-0.2, 0) is 9.47 Å². The molecule has 4 N–H and O–H groups in total. The molecule has 2 heterocycles. The normalized spacial score (nSPS) is 17.3. The van der Waals surface area contributed by atoms with Crippen LogP contribution >= 0.6 is 0 Å². The van der Waals surface area contributed by atoms with Crippen LogP contribution in [0.25, 0.3) is 0 Å². The first kappa shape index (κ1) is 18.3. The van der Waals surface area contributed by atoms with Crippen molar-refractivity contribution in [1.82, 2.24) is 4.98 Å². The number of hydrogen-bond acceptors (Lipinski definition) is 6. The molecular weight excluding hydrogens is 352 g/mol. The molecule has 2 aromatic rings. The molecule has 1 fully saturated rings. The fraction of sp³-hybridized carbons (Fsp3) is 0.278. The van der Waals surface area contributed by atoms with E-state index in [-0.39, 0.29) is 17.9 Å². The number of amidine groups is 1. The van der Waals surface area contributed by atoms with E-state index in [1.807, 2.05) is 0 Å². The summed E-state index contributed by atoms with van der Waals surface area (Å²) in [4.78, 5) is 28.2. The molecule has 0 saturated carbocycles. The number of ether oxygens (including phenoxy) is 3. The maximum atomic E-state index is 12.2. The summed E-state index contributed by atoms with van der Waals surface area (Å²) in [6.45, 7) is 2.05. The number of rotatable bonds is 6. The molecule has 9 heteroatoms. The zero-order chi connectivity index (χ0) is 19.6. The second-order valence-corrected chi connectivity index (χ2v) is 6.04. The van der Waals surface area contributed by atoms with Gasteiger partial charge in [0.2, 0.25) is 0 Å². The van der Waals surface area contributed by atoms with Crippen molar-refractivity contribution in [2.45, 2.75) is 19.1 Å². The summed E-state index contributed by atoms with van der Waals surface area (Å²) in [5.74, 6) is -0.234. The van der Waals surface area contributed by atoms with Crippen LogP contribution in [0.5, 0.6) is 5.75 Å². The molecule has 9 nitrogen and oxygen atoms in total. The summed E-state index contributed by atoms with van der Waals surface area (Å²) in [7, 11) is 1.29. The van der Waals surface area contributed by atoms with E-state index in [1.165, 1.54) is 24.4 Å². The fourth-order valence-electron chi connectivity index (χ4n) is 2.75. The molecule has 27 heavy (non-hydrogen) atoms. The monoisotopic (exact) mass is 372 g/mol. The number of nitrogens with one attached hydrogen (secondary N) is 2. The van der Waals surface area contributed by atoms with Gasteiger partial charge in [-0.15, -0.1) is 0 Å². The Bertz CT molecular complexity index is 861. The van der Waals surface area contributed by atoms with E-state index < -0.39 is 24.3 Å². The lowest BCUT2D eigenvalue weighted by Crippen LogP contribution is -2.33. The number of methoxy groups -OCH3 is 1. The molecule has 1 aromatic carbocycles. The summed E-state index contributed by atoms with van der Waals surface area (Å²) < 4.78 is 15.9. The Labute approximate surface area is 155 Å². The van der Waals surface area contributed by atoms with Crippen molar-refractivity contribution in [3.63, 3.8) is 0 Å². The summed E-state index contributed by atoms with van der Waals surface area (Å²) in [6.07, 6.45) is 1.52. The molecule has 0 bridgehead atoms. The largest absolute Gasteiger partial charge is 0.484 e. The van der Waals surface area contributed by atoms with Crippen LogP contribution in [0.3, 0.4) is 0 Å². The number of amides is 1. The Morgan fingerprint density at radius 1 is 1.37 bits per heavy atom. The molecule has 2 atom stereocenters. The average molecular weight is 372 g/mol. The molecular formula is C18H20N4O5. The standard InChI is InChI=1S/C18H20N4O5/c1-10(26-14-8-21-7-13(14)17(23)25-2)15-9-22(18(24)27-15)12-5-3-11(4-6-12)16(19)20/h3-8,10,15,21H,9H2,1-2H3,(H3,19,20). The molecule has 1 amide bonds. The van der Waals surface area contributed by atoms with E-state index >= 15 is 0 Å². The van der Waals surface area contributed by atoms with Gasteiger partial charge in [0.05, 0.1) is 13.7 Å². The Balaban J connectivity index is 1.69. The molecule has 3 rings (SSSR count). The number of carbonyl (C=O) groups excluding carboxylic acids is 2. The van der Waals surface area contributed by atoms with Gasteiger partial charge in [0.25, 0.3) is 0 Å². The number of carbonyl (C=O) groups is 2. The van der Waals surface area contributed by atoms with Crippen LogP contribution < -0.4 is 15.4 Å². The highest BCUT2D eigenvalue weighted by atomic mass is 16.6. The first-order valence-electron chi connectivity index (χ1n) is 8.25. The molecule has 1 aliphatic rings. The maximum Gasteiger partial charge on any atom is 0.414 e. The first-order valence-corrected chi connectivity index (χ1v) is 8.25. The van der Waals surface area contributed by atoms with Gasteiger partial charge in [-0.25, -0.2) is 9.59 Å². The summed E-state index contributed by atoms with van der Waals surface area (Å²) in [5, 5.41) is 7.42. The number of nitrogens with two attached hydrogens (primary N) is 1. The van der Waals surface area contributed by atoms with Gasteiger partial charge in [-0.05, 0) is 31.2 Å². The van der Waals surface area contributed by atoms with Crippen molar-refractivity contribution < 1.29 is 23.8 Å². The minimum Gasteiger partial charge on any atom is -0.484 e. The van der Waals surface area contributed by atoms with Gasteiger partial charge in [-0.3, -0.25) is 10.3 Å². The molecule has 1 saturated heterocycles. The number of anilines is 1. The predicted octanol–water partition coefficient (Wildman–Crippen LogP) is 1.88. The highest BCUT2D eigenvalue weighted by Crippen LogP contribution is 2.26. The molecule has 1 aliphatic heterocycles. The number of H-pyrrole nitrogens is 1. The van der Waals surface area contributed by atoms with Gasteiger partial charge in [0.15, 0.2) is 11.9 Å². The van der Waals surface area contributed by atoms with E-state index in [1.54, 1.807) is 31.2 Å². The van der Waals surface area contributed by atoms with E-state index in [4.69, 9.17) is 25.4 Å². The number of esters is 1. The van der Waals surface area contributed by atoms with Gasteiger partial charge in [-0.1, -0.05) is 0 Å². The van der Waals surface area contributed by atoms with Gasteiger partial charge in [0, 0.05) is 23.6 Å². The van der Waals surface area contributed by atoms with E-state index in [0.29, 0.717) is 17.0 Å². The van der Waals surface area contributed by atoms with E-state index in [2.05, 4.69) is 4.98 Å². The van der Waals surface area contributed by atoms with Crippen LogP contribution in [0.15, 0.2) is 36.7 Å². The van der Waals surface area contributed by atoms with Crippen molar-refractivity contribution in [2.75, 3.05) is 18.6 Å². The lowest BCUT2D eigenvalue weighted by atomic mass is 10.1. The van der Waals surface area contributed by atoms with Gasteiger partial charge in [0.1, 0.15) is 17.5 Å². The highest BCUT2D eigenvalue weighted by molar-refractivity contribution is 5.96. The van der Waals surface area contributed by atoms with E-state index in [9.17, 15) is 9.59 Å². The van der Waals surface area contributed by atoms with Crippen molar-refractivity contribution in [2.24, 2.45) is 5.73 Å². The zero-order valence-electron chi connectivity index (χ0n) is 14.9. The van der Waals surface area contributed by atoms with Gasteiger partial charge in [-0.2, -0.15) is 0 Å². The van der Waals surface area contributed by atoms with E-state index in [0.717, 1.165) is 0 Å². The Kier molecular flexibility index (Phi) is 5.02. The summed E-state index contributed by atoms with van der Waals surface area (Å²) in [5.41, 5.74) is 6.92. The SMILES string of the molecule is COC(=O)c1c[nH]cc1OC(C)C1CN(c2ccc(C(=N)N)cc2)C(=O)O1. The van der Waals surface area contributed by atoms with Crippen LogP contribution in [0.4, 0.5) is 10.5 Å². The van der Waals surface area contributed by atoms with Crippen molar-refractivity contribution in [3.8, 4) is 5.75 Å². The number of benzene rings is 1. The van der Waals surface area contributed by atoms with Crippen LogP contribution in [-0.4, -0.2) is 48.7 Å². The van der Waals surface area contributed by atoms with Crippen LogP contribution in [0, 0.1) is 5.41 Å². The number of aromatic amines is 1. The third-order valence-corrected chi connectivity index (χ3v) is 4.27. The smallest absolute Gasteiger partial charge is 0.414 e. The molecule has 0 aliphatic carbocycles. The zero-order valence-corrected chi connectivity index (χ0v) is 14.9. The average Bonchev–Trinajstić information content (AvgIpc) is 3.27. The number of cyclic esters (lactones) is 1.